The van der Waals surface area contributed by atoms with Crippen molar-refractivity contribution in [3.63, 3.8) is 0 Å². The lowest BCUT2D eigenvalue weighted by Crippen LogP contribution is -1.95. The first-order chi connectivity index (χ1) is 6.90. The molecule has 0 atom stereocenters. The molecule has 1 aromatic carbocycles. The molecule has 0 aliphatic heterocycles. The standard InChI is InChI=1S/C11H11BrN2/c12-8-6-10-7-9-14(13-10)11-4-2-1-3-5-11/h1-5,7,9H,6,8H2. The summed E-state index contributed by atoms with van der Waals surface area (Å²) < 4.78 is 1.90. The number of aryl methyl sites for hydroxylation is 1. The summed E-state index contributed by atoms with van der Waals surface area (Å²) in [4.78, 5) is 0. The third-order valence-electron chi connectivity index (χ3n) is 2.02. The lowest BCUT2D eigenvalue weighted by molar-refractivity contribution is 0.844. The van der Waals surface area contributed by atoms with Crippen molar-refractivity contribution in [1.82, 2.24) is 9.78 Å². The van der Waals surface area contributed by atoms with Crippen molar-refractivity contribution in [3.05, 3.63) is 48.3 Å². The average molecular weight is 251 g/mol. The monoisotopic (exact) mass is 250 g/mol. The zero-order chi connectivity index (χ0) is 9.80. The van der Waals surface area contributed by atoms with Crippen LogP contribution in [0.1, 0.15) is 5.69 Å². The number of benzene rings is 1. The van der Waals surface area contributed by atoms with Crippen LogP contribution in [0, 0.1) is 0 Å². The van der Waals surface area contributed by atoms with Gasteiger partial charge in [0.25, 0.3) is 0 Å². The van der Waals surface area contributed by atoms with Gasteiger partial charge >= 0.3 is 0 Å². The van der Waals surface area contributed by atoms with E-state index < -0.39 is 0 Å². The molecule has 14 heavy (non-hydrogen) atoms. The molecule has 0 bridgehead atoms. The van der Waals surface area contributed by atoms with Crippen LogP contribution in [0.4, 0.5) is 0 Å². The summed E-state index contributed by atoms with van der Waals surface area (Å²) in [5.74, 6) is 0. The van der Waals surface area contributed by atoms with E-state index >= 15 is 0 Å². The van der Waals surface area contributed by atoms with Crippen LogP contribution < -0.4 is 0 Å². The number of halogens is 1. The Balaban J connectivity index is 2.25. The number of alkyl halides is 1. The average Bonchev–Trinajstić information content (AvgIpc) is 2.68. The molecule has 0 unspecified atom stereocenters. The normalized spacial score (nSPS) is 10.4. The highest BCUT2D eigenvalue weighted by Gasteiger charge is 1.98. The predicted octanol–water partition coefficient (Wildman–Crippen LogP) is 2.81. The molecule has 3 heteroatoms. The molecule has 0 radical (unpaired) electrons. The third kappa shape index (κ3) is 2.04. The SMILES string of the molecule is BrCCc1ccn(-c2ccccc2)n1. The Morgan fingerprint density at radius 2 is 1.93 bits per heavy atom. The van der Waals surface area contributed by atoms with Crippen LogP contribution >= 0.6 is 15.9 Å². The van der Waals surface area contributed by atoms with Gasteiger partial charge in [-0.25, -0.2) is 4.68 Å². The minimum Gasteiger partial charge on any atom is -0.241 e. The molecule has 0 amide bonds. The van der Waals surface area contributed by atoms with Crippen LogP contribution in [-0.4, -0.2) is 15.1 Å². The van der Waals surface area contributed by atoms with Crippen LogP contribution in [-0.2, 0) is 6.42 Å². The fourth-order valence-electron chi connectivity index (χ4n) is 1.32. The Bertz CT molecular complexity index is 395. The first-order valence-electron chi connectivity index (χ1n) is 4.56. The van der Waals surface area contributed by atoms with Gasteiger partial charge in [-0.15, -0.1) is 0 Å². The Morgan fingerprint density at radius 3 is 2.64 bits per heavy atom. The quantitative estimate of drug-likeness (QED) is 0.767. The van der Waals surface area contributed by atoms with Gasteiger partial charge < -0.3 is 0 Å². The number of para-hydroxylation sites is 1. The first-order valence-corrected chi connectivity index (χ1v) is 5.68. The first kappa shape index (κ1) is 9.46. The van der Waals surface area contributed by atoms with Crippen molar-refractivity contribution in [3.8, 4) is 5.69 Å². The van der Waals surface area contributed by atoms with Gasteiger partial charge in [-0.05, 0) is 18.2 Å². The van der Waals surface area contributed by atoms with Crippen molar-refractivity contribution in [2.24, 2.45) is 0 Å². The highest BCUT2D eigenvalue weighted by molar-refractivity contribution is 9.09. The molecule has 0 saturated carbocycles. The van der Waals surface area contributed by atoms with E-state index in [1.54, 1.807) is 0 Å². The number of nitrogens with zero attached hydrogens (tertiary/aromatic N) is 2. The second kappa shape index (κ2) is 4.42. The summed E-state index contributed by atoms with van der Waals surface area (Å²) in [5, 5.41) is 5.41. The van der Waals surface area contributed by atoms with Gasteiger partial charge in [-0.1, -0.05) is 34.1 Å². The topological polar surface area (TPSA) is 17.8 Å². The summed E-state index contributed by atoms with van der Waals surface area (Å²) in [6, 6.07) is 12.2. The van der Waals surface area contributed by atoms with E-state index in [0.29, 0.717) is 0 Å². The maximum absolute atomic E-state index is 4.46. The number of hydrogen-bond donors (Lipinski definition) is 0. The summed E-state index contributed by atoms with van der Waals surface area (Å²) in [5.41, 5.74) is 2.22. The Labute approximate surface area is 91.7 Å². The second-order valence-corrected chi connectivity index (χ2v) is 3.82. The van der Waals surface area contributed by atoms with E-state index in [9.17, 15) is 0 Å². The molecule has 2 aromatic rings. The van der Waals surface area contributed by atoms with Crippen molar-refractivity contribution in [2.75, 3.05) is 5.33 Å². The predicted molar refractivity (Wildman–Crippen MR) is 61.1 cm³/mol. The lowest BCUT2D eigenvalue weighted by Gasteiger charge is -1.99. The molecule has 2 nitrogen and oxygen atoms in total. The molecule has 72 valence electrons. The zero-order valence-electron chi connectivity index (χ0n) is 7.73. The second-order valence-electron chi connectivity index (χ2n) is 3.03. The number of hydrogen-bond acceptors (Lipinski definition) is 1. The molecule has 0 saturated heterocycles. The third-order valence-corrected chi connectivity index (χ3v) is 2.41. The number of rotatable bonds is 3. The zero-order valence-corrected chi connectivity index (χ0v) is 9.31. The maximum atomic E-state index is 4.46. The maximum Gasteiger partial charge on any atom is 0.0645 e. The van der Waals surface area contributed by atoms with E-state index in [1.807, 2.05) is 47.3 Å². The van der Waals surface area contributed by atoms with Gasteiger partial charge in [0, 0.05) is 17.9 Å². The lowest BCUT2D eigenvalue weighted by atomic mass is 10.3. The van der Waals surface area contributed by atoms with Crippen LogP contribution in [0.5, 0.6) is 0 Å². The molecule has 1 heterocycles. The van der Waals surface area contributed by atoms with E-state index in [2.05, 4.69) is 21.0 Å². The molecule has 0 aliphatic carbocycles. The highest BCUT2D eigenvalue weighted by Crippen LogP contribution is 2.07. The molecule has 0 N–H and O–H groups in total. The van der Waals surface area contributed by atoms with Gasteiger partial charge in [0.2, 0.25) is 0 Å². The Morgan fingerprint density at radius 1 is 1.14 bits per heavy atom. The highest BCUT2D eigenvalue weighted by atomic mass is 79.9. The van der Waals surface area contributed by atoms with E-state index in [0.717, 1.165) is 23.1 Å². The molecular weight excluding hydrogens is 240 g/mol. The van der Waals surface area contributed by atoms with Gasteiger partial charge in [0.05, 0.1) is 11.4 Å². The Hall–Kier alpha value is -1.09. The van der Waals surface area contributed by atoms with Crippen LogP contribution in [0.15, 0.2) is 42.6 Å². The van der Waals surface area contributed by atoms with Crippen molar-refractivity contribution in [1.29, 1.82) is 0 Å². The van der Waals surface area contributed by atoms with Gasteiger partial charge in [-0.3, -0.25) is 0 Å². The summed E-state index contributed by atoms with van der Waals surface area (Å²) >= 11 is 3.40. The number of aromatic nitrogens is 2. The van der Waals surface area contributed by atoms with E-state index in [1.165, 1.54) is 0 Å². The van der Waals surface area contributed by atoms with E-state index in [-0.39, 0.29) is 0 Å². The van der Waals surface area contributed by atoms with E-state index in [4.69, 9.17) is 0 Å². The minimum atomic E-state index is 0.957. The van der Waals surface area contributed by atoms with Crippen LogP contribution in [0.2, 0.25) is 0 Å². The molecule has 1 aromatic heterocycles. The largest absolute Gasteiger partial charge is 0.241 e. The summed E-state index contributed by atoms with van der Waals surface area (Å²) in [6.07, 6.45) is 2.97. The van der Waals surface area contributed by atoms with Crippen molar-refractivity contribution in [2.45, 2.75) is 6.42 Å². The van der Waals surface area contributed by atoms with Crippen molar-refractivity contribution >= 4 is 15.9 Å². The molecule has 0 aliphatic rings. The molecule has 0 spiro atoms. The summed E-state index contributed by atoms with van der Waals surface area (Å²) in [6.45, 7) is 0. The van der Waals surface area contributed by atoms with Gasteiger partial charge in [-0.2, -0.15) is 5.10 Å². The molecule has 2 rings (SSSR count). The van der Waals surface area contributed by atoms with Crippen LogP contribution in [0.3, 0.4) is 0 Å². The fraction of sp³-hybridized carbons (Fsp3) is 0.182. The van der Waals surface area contributed by atoms with Crippen molar-refractivity contribution < 1.29 is 0 Å². The molecular formula is C11H11BrN2. The smallest absolute Gasteiger partial charge is 0.0645 e. The minimum absolute atomic E-state index is 0.957. The fourth-order valence-corrected chi connectivity index (χ4v) is 1.72. The molecule has 0 fully saturated rings. The van der Waals surface area contributed by atoms with Gasteiger partial charge in [0.15, 0.2) is 0 Å². The Kier molecular flexibility index (Phi) is 2.99. The van der Waals surface area contributed by atoms with Crippen LogP contribution in [0.25, 0.3) is 5.69 Å². The summed E-state index contributed by atoms with van der Waals surface area (Å²) in [7, 11) is 0. The van der Waals surface area contributed by atoms with Gasteiger partial charge in [0.1, 0.15) is 0 Å².